The molecule has 0 saturated carbocycles. The fourth-order valence-electron chi connectivity index (χ4n) is 2.09. The third-order valence-corrected chi connectivity index (χ3v) is 5.21. The van der Waals surface area contributed by atoms with Gasteiger partial charge in [-0.05, 0) is 43.9 Å². The van der Waals surface area contributed by atoms with Gasteiger partial charge >= 0.3 is 5.97 Å². The summed E-state index contributed by atoms with van der Waals surface area (Å²) in [5.41, 5.74) is 2.29. The first kappa shape index (κ1) is 15.9. The molecule has 0 amide bonds. The fourth-order valence-corrected chi connectivity index (χ4v) is 3.82. The smallest absolute Gasteiger partial charge is 0.340 e. The Morgan fingerprint density at radius 2 is 2.26 bits per heavy atom. The fraction of sp³-hybridized carbons (Fsp3) is 0.333. The Labute approximate surface area is 142 Å². The molecule has 23 heavy (non-hydrogen) atoms. The summed E-state index contributed by atoms with van der Waals surface area (Å²) in [7, 11) is 0. The maximum atomic E-state index is 12.4. The molecule has 2 aromatic heterocycles. The lowest BCUT2D eigenvalue weighted by atomic mass is 10.1. The first-order chi connectivity index (χ1) is 11.1. The van der Waals surface area contributed by atoms with Gasteiger partial charge < -0.3 is 4.74 Å². The molecule has 0 unspecified atom stereocenters. The second-order valence-electron chi connectivity index (χ2n) is 4.92. The van der Waals surface area contributed by atoms with Gasteiger partial charge in [0, 0.05) is 10.6 Å². The van der Waals surface area contributed by atoms with Crippen molar-refractivity contribution in [2.75, 3.05) is 12.4 Å². The Kier molecular flexibility index (Phi) is 4.63. The van der Waals surface area contributed by atoms with Crippen molar-refractivity contribution in [3.05, 3.63) is 33.3 Å². The molecule has 0 bridgehead atoms. The van der Waals surface area contributed by atoms with E-state index in [2.05, 4.69) is 15.3 Å². The van der Waals surface area contributed by atoms with Crippen LogP contribution in [0.25, 0.3) is 6.08 Å². The van der Waals surface area contributed by atoms with Crippen LogP contribution in [-0.2, 0) is 9.53 Å². The second-order valence-corrected chi connectivity index (χ2v) is 6.81. The number of carbonyl (C=O) groups is 1. The van der Waals surface area contributed by atoms with Crippen molar-refractivity contribution in [3.63, 3.8) is 0 Å². The summed E-state index contributed by atoms with van der Waals surface area (Å²) in [5, 5.41) is 15.4. The van der Waals surface area contributed by atoms with Crippen LogP contribution in [0.5, 0.6) is 0 Å². The van der Waals surface area contributed by atoms with E-state index >= 15 is 0 Å². The molecule has 0 fully saturated rings. The Morgan fingerprint density at radius 1 is 1.43 bits per heavy atom. The number of ether oxygens (including phenoxy) is 1. The topological polar surface area (TPSA) is 69.4 Å². The molecular weight excluding hydrogens is 332 g/mol. The van der Waals surface area contributed by atoms with Crippen molar-refractivity contribution in [1.29, 1.82) is 0 Å². The summed E-state index contributed by atoms with van der Waals surface area (Å²) >= 11 is 3.10. The third-order valence-electron chi connectivity index (χ3n) is 3.31. The molecule has 0 radical (unpaired) electrons. The van der Waals surface area contributed by atoms with Crippen molar-refractivity contribution in [1.82, 2.24) is 14.9 Å². The number of carbonyl (C=O) groups excluding carboxylic acids is 1. The van der Waals surface area contributed by atoms with Crippen LogP contribution in [0.4, 0.5) is 0 Å². The molecule has 2 aromatic rings. The van der Waals surface area contributed by atoms with Gasteiger partial charge in [-0.3, -0.25) is 0 Å². The van der Waals surface area contributed by atoms with Crippen molar-refractivity contribution in [3.8, 4) is 0 Å². The minimum atomic E-state index is -0.353. The summed E-state index contributed by atoms with van der Waals surface area (Å²) < 4.78 is 6.88. The number of aryl methyl sites for hydroxylation is 2. The number of aromatic nitrogens is 3. The Balaban J connectivity index is 2.04. The molecule has 8 heteroatoms. The highest BCUT2D eigenvalue weighted by Gasteiger charge is 2.24. The van der Waals surface area contributed by atoms with Crippen molar-refractivity contribution in [2.24, 2.45) is 5.10 Å². The molecule has 0 aromatic carbocycles. The van der Waals surface area contributed by atoms with Crippen LogP contribution in [0.1, 0.15) is 23.2 Å². The molecule has 0 atom stereocenters. The van der Waals surface area contributed by atoms with Crippen LogP contribution >= 0.6 is 23.1 Å². The molecule has 0 N–H and O–H groups in total. The van der Waals surface area contributed by atoms with Gasteiger partial charge in [0.15, 0.2) is 5.82 Å². The van der Waals surface area contributed by atoms with Gasteiger partial charge in [0.2, 0.25) is 5.16 Å². The highest BCUT2D eigenvalue weighted by atomic mass is 32.2. The SMILES string of the molecule is CCOC(=O)/C(=C\c1sccc1C)C1=Nn2c(C)nnc2SC1. The maximum absolute atomic E-state index is 12.4. The molecule has 0 aliphatic carbocycles. The number of hydrogen-bond acceptors (Lipinski definition) is 7. The third kappa shape index (κ3) is 3.23. The van der Waals surface area contributed by atoms with E-state index in [1.807, 2.05) is 31.4 Å². The predicted molar refractivity (Wildman–Crippen MR) is 92.0 cm³/mol. The zero-order valence-corrected chi connectivity index (χ0v) is 14.7. The van der Waals surface area contributed by atoms with Gasteiger partial charge in [0.1, 0.15) is 0 Å². The van der Waals surface area contributed by atoms with Gasteiger partial charge in [-0.2, -0.15) is 9.78 Å². The molecule has 3 rings (SSSR count). The maximum Gasteiger partial charge on any atom is 0.340 e. The number of nitrogens with zero attached hydrogens (tertiary/aromatic N) is 4. The number of hydrogen-bond donors (Lipinski definition) is 0. The quantitative estimate of drug-likeness (QED) is 0.628. The van der Waals surface area contributed by atoms with Crippen molar-refractivity contribution >= 4 is 40.9 Å². The summed E-state index contributed by atoms with van der Waals surface area (Å²) in [6.45, 7) is 5.98. The summed E-state index contributed by atoms with van der Waals surface area (Å²) in [5.74, 6) is 0.904. The van der Waals surface area contributed by atoms with Gasteiger partial charge in [-0.1, -0.05) is 11.8 Å². The zero-order valence-electron chi connectivity index (χ0n) is 13.1. The van der Waals surface area contributed by atoms with Gasteiger partial charge in [0.25, 0.3) is 0 Å². The molecule has 6 nitrogen and oxygen atoms in total. The number of rotatable bonds is 4. The highest BCUT2D eigenvalue weighted by molar-refractivity contribution is 7.99. The lowest BCUT2D eigenvalue weighted by Gasteiger charge is -2.15. The van der Waals surface area contributed by atoms with E-state index in [0.717, 1.165) is 15.6 Å². The van der Waals surface area contributed by atoms with Crippen LogP contribution < -0.4 is 0 Å². The van der Waals surface area contributed by atoms with Gasteiger partial charge in [0.05, 0.1) is 17.9 Å². The number of thiophene rings is 1. The molecular formula is C15H16N4O2S2. The van der Waals surface area contributed by atoms with E-state index in [4.69, 9.17) is 4.74 Å². The number of thioether (sulfide) groups is 1. The standard InChI is InChI=1S/C15H16N4O2S2/c1-4-21-14(20)11(7-13-9(2)5-6-22-13)12-8-23-15-17-16-10(3)19(15)18-12/h5-7H,4,8H2,1-3H3/b11-7-. The van der Waals surface area contributed by atoms with E-state index < -0.39 is 0 Å². The lowest BCUT2D eigenvalue weighted by molar-refractivity contribution is -0.137. The minimum Gasteiger partial charge on any atom is -0.462 e. The Hall–Kier alpha value is -1.93. The first-order valence-electron chi connectivity index (χ1n) is 7.16. The molecule has 0 saturated heterocycles. The van der Waals surface area contributed by atoms with E-state index in [0.29, 0.717) is 29.5 Å². The van der Waals surface area contributed by atoms with Crippen molar-refractivity contribution < 1.29 is 9.53 Å². The van der Waals surface area contributed by atoms with E-state index in [9.17, 15) is 4.79 Å². The van der Waals surface area contributed by atoms with Crippen LogP contribution in [-0.4, -0.2) is 38.9 Å². The Bertz CT molecular complexity index is 804. The van der Waals surface area contributed by atoms with E-state index in [1.54, 1.807) is 22.9 Å². The second kappa shape index (κ2) is 6.67. The largest absolute Gasteiger partial charge is 0.462 e. The average Bonchev–Trinajstić information content (AvgIpc) is 3.11. The Morgan fingerprint density at radius 3 is 2.96 bits per heavy atom. The van der Waals surface area contributed by atoms with Gasteiger partial charge in [-0.15, -0.1) is 21.5 Å². The average molecular weight is 348 g/mol. The lowest BCUT2D eigenvalue weighted by Crippen LogP contribution is -2.21. The summed E-state index contributed by atoms with van der Waals surface area (Å²) in [6.07, 6.45) is 1.86. The summed E-state index contributed by atoms with van der Waals surface area (Å²) in [6, 6.07) is 2.03. The number of esters is 1. The van der Waals surface area contributed by atoms with E-state index in [1.165, 1.54) is 11.8 Å². The van der Waals surface area contributed by atoms with Crippen LogP contribution in [0.15, 0.2) is 27.3 Å². The first-order valence-corrected chi connectivity index (χ1v) is 9.02. The van der Waals surface area contributed by atoms with Crippen LogP contribution in [0.2, 0.25) is 0 Å². The van der Waals surface area contributed by atoms with Gasteiger partial charge in [-0.25, -0.2) is 4.79 Å². The molecule has 0 spiro atoms. The normalized spacial score (nSPS) is 14.4. The van der Waals surface area contributed by atoms with Crippen LogP contribution in [0.3, 0.4) is 0 Å². The molecule has 3 heterocycles. The highest BCUT2D eigenvalue weighted by Crippen LogP contribution is 2.26. The van der Waals surface area contributed by atoms with Crippen molar-refractivity contribution in [2.45, 2.75) is 25.9 Å². The van der Waals surface area contributed by atoms with Crippen LogP contribution in [0, 0.1) is 13.8 Å². The summed E-state index contributed by atoms with van der Waals surface area (Å²) in [4.78, 5) is 13.4. The zero-order chi connectivity index (χ0) is 16.4. The molecule has 120 valence electrons. The predicted octanol–water partition coefficient (Wildman–Crippen LogP) is 2.91. The monoisotopic (exact) mass is 348 g/mol. The molecule has 1 aliphatic rings. The van der Waals surface area contributed by atoms with E-state index in [-0.39, 0.29) is 5.97 Å². The minimum absolute atomic E-state index is 0.330. The molecule has 1 aliphatic heterocycles. The number of fused-ring (bicyclic) bond motifs is 1.